The molecule has 0 unspecified atom stereocenters. The van der Waals surface area contributed by atoms with Crippen LogP contribution in [0.4, 0.5) is 10.8 Å². The van der Waals surface area contributed by atoms with Gasteiger partial charge in [0.1, 0.15) is 5.75 Å². The molecule has 7 nitrogen and oxygen atoms in total. The number of aromatic nitrogens is 2. The monoisotopic (exact) mass is 408 g/mol. The van der Waals surface area contributed by atoms with E-state index in [1.54, 1.807) is 7.11 Å². The lowest BCUT2D eigenvalue weighted by Gasteiger charge is -2.30. The standard InChI is InChI=1S/C18H24N4O3S2/c1-3-25-16(23)13-8-10-21(11-9-13)12-22-18(26)27-17(20-22)19-14-6-4-5-7-15(14)24-2/h4-7,13H,3,8-12H2,1-2H3,(H,19,20). The summed E-state index contributed by atoms with van der Waals surface area (Å²) in [5.74, 6) is 0.685. The van der Waals surface area contributed by atoms with E-state index in [0.29, 0.717) is 17.2 Å². The van der Waals surface area contributed by atoms with Crippen LogP contribution in [0.3, 0.4) is 0 Å². The number of esters is 1. The first-order valence-corrected chi connectivity index (χ1v) is 10.2. The Kier molecular flexibility index (Phi) is 6.81. The van der Waals surface area contributed by atoms with Gasteiger partial charge in [-0.05, 0) is 44.1 Å². The maximum Gasteiger partial charge on any atom is 0.309 e. The lowest BCUT2D eigenvalue weighted by atomic mass is 9.97. The number of carbonyl (C=O) groups is 1. The topological polar surface area (TPSA) is 68.6 Å². The van der Waals surface area contributed by atoms with Gasteiger partial charge in [0.15, 0.2) is 3.95 Å². The van der Waals surface area contributed by atoms with Crippen LogP contribution in [0.25, 0.3) is 0 Å². The summed E-state index contributed by atoms with van der Waals surface area (Å²) in [7, 11) is 1.64. The Morgan fingerprint density at radius 3 is 2.81 bits per heavy atom. The summed E-state index contributed by atoms with van der Waals surface area (Å²) in [6.45, 7) is 4.57. The Hall–Kier alpha value is -1.97. The molecule has 0 amide bonds. The third-order valence-electron chi connectivity index (χ3n) is 4.50. The molecular formula is C18H24N4O3S2. The highest BCUT2D eigenvalue weighted by molar-refractivity contribution is 7.73. The number of para-hydroxylation sites is 2. The fourth-order valence-corrected chi connectivity index (χ4v) is 4.07. The number of rotatable bonds is 7. The Morgan fingerprint density at radius 2 is 2.11 bits per heavy atom. The van der Waals surface area contributed by atoms with Crippen molar-refractivity contribution in [1.29, 1.82) is 0 Å². The Labute approximate surface area is 167 Å². The largest absolute Gasteiger partial charge is 0.495 e. The van der Waals surface area contributed by atoms with Crippen LogP contribution < -0.4 is 10.1 Å². The van der Waals surface area contributed by atoms with Gasteiger partial charge in [0.2, 0.25) is 5.13 Å². The van der Waals surface area contributed by atoms with Crippen LogP contribution in [0.2, 0.25) is 0 Å². The number of anilines is 2. The van der Waals surface area contributed by atoms with E-state index in [1.807, 2.05) is 35.9 Å². The number of likely N-dealkylation sites (tertiary alicyclic amines) is 1. The molecule has 27 heavy (non-hydrogen) atoms. The van der Waals surface area contributed by atoms with Crippen molar-refractivity contribution in [3.05, 3.63) is 28.2 Å². The molecule has 0 aliphatic carbocycles. The summed E-state index contributed by atoms with van der Waals surface area (Å²) < 4.78 is 13.0. The van der Waals surface area contributed by atoms with Gasteiger partial charge >= 0.3 is 5.97 Å². The lowest BCUT2D eigenvalue weighted by molar-refractivity contribution is -0.149. The molecule has 3 rings (SSSR count). The SMILES string of the molecule is CCOC(=O)C1CCN(Cn2nc(Nc3ccccc3OC)sc2=S)CC1. The zero-order chi connectivity index (χ0) is 19.2. The number of benzene rings is 1. The predicted molar refractivity (Wildman–Crippen MR) is 108 cm³/mol. The van der Waals surface area contributed by atoms with Crippen LogP contribution >= 0.6 is 23.6 Å². The van der Waals surface area contributed by atoms with Crippen molar-refractivity contribution in [2.45, 2.75) is 26.4 Å². The fourth-order valence-electron chi connectivity index (χ4n) is 3.07. The van der Waals surface area contributed by atoms with Crippen LogP contribution in [-0.2, 0) is 16.2 Å². The minimum Gasteiger partial charge on any atom is -0.495 e. The number of piperidine rings is 1. The number of carbonyl (C=O) groups excluding carboxylic acids is 1. The van der Waals surface area contributed by atoms with E-state index in [0.717, 1.165) is 42.5 Å². The third kappa shape index (κ3) is 5.06. The van der Waals surface area contributed by atoms with Gasteiger partial charge in [0.25, 0.3) is 0 Å². The maximum atomic E-state index is 11.9. The molecule has 0 radical (unpaired) electrons. The van der Waals surface area contributed by atoms with Crippen LogP contribution in [0.15, 0.2) is 24.3 Å². The second-order valence-corrected chi connectivity index (χ2v) is 7.91. The van der Waals surface area contributed by atoms with Gasteiger partial charge in [-0.3, -0.25) is 9.69 Å². The summed E-state index contributed by atoms with van der Waals surface area (Å²) in [5.41, 5.74) is 0.853. The van der Waals surface area contributed by atoms with Crippen LogP contribution in [-0.4, -0.2) is 47.5 Å². The van der Waals surface area contributed by atoms with Crippen molar-refractivity contribution in [3.8, 4) is 5.75 Å². The molecular weight excluding hydrogens is 384 g/mol. The molecule has 146 valence electrons. The minimum absolute atomic E-state index is 0.00683. The molecule has 1 saturated heterocycles. The molecule has 2 heterocycles. The average molecular weight is 409 g/mol. The average Bonchev–Trinajstić information content (AvgIpc) is 3.02. The van der Waals surface area contributed by atoms with Gasteiger partial charge in [-0.2, -0.15) is 0 Å². The molecule has 0 atom stereocenters. The van der Waals surface area contributed by atoms with Crippen LogP contribution in [0.1, 0.15) is 19.8 Å². The van der Waals surface area contributed by atoms with Gasteiger partial charge in [-0.15, -0.1) is 5.10 Å². The van der Waals surface area contributed by atoms with Gasteiger partial charge in [-0.1, -0.05) is 23.5 Å². The summed E-state index contributed by atoms with van der Waals surface area (Å²) >= 11 is 6.89. The van der Waals surface area contributed by atoms with E-state index in [2.05, 4.69) is 15.3 Å². The van der Waals surface area contributed by atoms with Crippen LogP contribution in [0, 0.1) is 9.87 Å². The molecule has 1 fully saturated rings. The van der Waals surface area contributed by atoms with E-state index in [-0.39, 0.29) is 11.9 Å². The van der Waals surface area contributed by atoms with Crippen molar-refractivity contribution in [2.75, 3.05) is 32.1 Å². The van der Waals surface area contributed by atoms with E-state index in [4.69, 9.17) is 21.7 Å². The van der Waals surface area contributed by atoms with Crippen molar-refractivity contribution in [2.24, 2.45) is 5.92 Å². The summed E-state index contributed by atoms with van der Waals surface area (Å²) in [6, 6.07) is 7.69. The number of hydrogen-bond acceptors (Lipinski definition) is 8. The van der Waals surface area contributed by atoms with Gasteiger partial charge in [-0.25, -0.2) is 4.68 Å². The minimum atomic E-state index is -0.0780. The number of hydrogen-bond donors (Lipinski definition) is 1. The quantitative estimate of drug-likeness (QED) is 0.554. The molecule has 1 aliphatic rings. The first-order valence-electron chi connectivity index (χ1n) is 8.97. The first-order chi connectivity index (χ1) is 13.1. The number of nitrogens with zero attached hydrogens (tertiary/aromatic N) is 3. The fraction of sp³-hybridized carbons (Fsp3) is 0.500. The highest BCUT2D eigenvalue weighted by Gasteiger charge is 2.26. The molecule has 1 aromatic carbocycles. The van der Waals surface area contributed by atoms with Crippen molar-refractivity contribution >= 4 is 40.3 Å². The number of nitrogens with one attached hydrogen (secondary N) is 1. The second kappa shape index (κ2) is 9.29. The van der Waals surface area contributed by atoms with Crippen molar-refractivity contribution < 1.29 is 14.3 Å². The Balaban J connectivity index is 1.59. The molecule has 1 N–H and O–H groups in total. The normalized spacial score (nSPS) is 15.5. The summed E-state index contributed by atoms with van der Waals surface area (Å²) in [4.78, 5) is 14.1. The second-order valence-electron chi connectivity index (χ2n) is 6.28. The molecule has 9 heteroatoms. The Morgan fingerprint density at radius 1 is 1.37 bits per heavy atom. The predicted octanol–water partition coefficient (Wildman–Crippen LogP) is 3.66. The molecule has 0 bridgehead atoms. The number of methoxy groups -OCH3 is 1. The van der Waals surface area contributed by atoms with E-state index in [9.17, 15) is 4.79 Å². The maximum absolute atomic E-state index is 11.9. The highest BCUT2D eigenvalue weighted by Crippen LogP contribution is 2.28. The van der Waals surface area contributed by atoms with Gasteiger partial charge in [0.05, 0.1) is 32.0 Å². The zero-order valence-electron chi connectivity index (χ0n) is 15.5. The first kappa shape index (κ1) is 19.8. The van der Waals surface area contributed by atoms with Crippen molar-refractivity contribution in [3.63, 3.8) is 0 Å². The molecule has 2 aromatic rings. The zero-order valence-corrected chi connectivity index (χ0v) is 17.1. The molecule has 0 saturated carbocycles. The van der Waals surface area contributed by atoms with E-state index < -0.39 is 0 Å². The summed E-state index contributed by atoms with van der Waals surface area (Å²) in [6.07, 6.45) is 1.62. The Bertz CT molecular complexity index is 828. The van der Waals surface area contributed by atoms with Gasteiger partial charge < -0.3 is 14.8 Å². The molecule has 1 aromatic heterocycles. The number of ether oxygens (including phenoxy) is 2. The van der Waals surface area contributed by atoms with Crippen LogP contribution in [0.5, 0.6) is 5.75 Å². The van der Waals surface area contributed by atoms with E-state index >= 15 is 0 Å². The van der Waals surface area contributed by atoms with Gasteiger partial charge in [0, 0.05) is 13.1 Å². The lowest BCUT2D eigenvalue weighted by Crippen LogP contribution is -2.38. The smallest absolute Gasteiger partial charge is 0.309 e. The molecule has 0 spiro atoms. The summed E-state index contributed by atoms with van der Waals surface area (Å²) in [5, 5.41) is 8.59. The van der Waals surface area contributed by atoms with Crippen molar-refractivity contribution in [1.82, 2.24) is 14.7 Å². The van der Waals surface area contributed by atoms with E-state index in [1.165, 1.54) is 11.3 Å². The molecule has 1 aliphatic heterocycles. The highest BCUT2D eigenvalue weighted by atomic mass is 32.1. The third-order valence-corrected chi connectivity index (χ3v) is 5.72.